The molecule has 65 heavy (non-hydrogen) atoms. The van der Waals surface area contributed by atoms with Crippen LogP contribution in [0.5, 0.6) is 0 Å². The van der Waals surface area contributed by atoms with E-state index >= 15 is 0 Å². The summed E-state index contributed by atoms with van der Waals surface area (Å²) in [5.74, 6) is 9.50. The molecule has 6 aromatic rings. The van der Waals surface area contributed by atoms with Gasteiger partial charge < -0.3 is 29.7 Å². The Bertz CT molecular complexity index is 2560. The third-order valence-corrected chi connectivity index (χ3v) is 12.3. The van der Waals surface area contributed by atoms with Gasteiger partial charge in [0.2, 0.25) is 5.69 Å². The van der Waals surface area contributed by atoms with Gasteiger partial charge in [-0.05, 0) is 114 Å². The first kappa shape index (κ1) is 65.6. The molecule has 0 fully saturated rings. The van der Waals surface area contributed by atoms with Crippen LogP contribution in [0.25, 0.3) is 11.0 Å². The molecule has 0 unspecified atom stereocenters. The Morgan fingerprint density at radius 1 is 0.785 bits per heavy atom. The molecule has 6 heterocycles. The van der Waals surface area contributed by atoms with Gasteiger partial charge in [-0.1, -0.05) is 22.9 Å². The summed E-state index contributed by atoms with van der Waals surface area (Å²) < 4.78 is 34.7. The summed E-state index contributed by atoms with van der Waals surface area (Å²) in [6.07, 6.45) is 12.1. The Morgan fingerprint density at radius 3 is 1.60 bits per heavy atom. The molecule has 362 valence electrons. The second kappa shape index (κ2) is 32.1. The van der Waals surface area contributed by atoms with E-state index in [0.29, 0.717) is 10.5 Å². The topological polar surface area (TPSA) is 279 Å². The fourth-order valence-electron chi connectivity index (χ4n) is 4.64. The maximum Gasteiger partial charge on any atom is 0.413 e. The summed E-state index contributed by atoms with van der Waals surface area (Å²) in [5, 5.41) is 30.9. The number of hydrogen-bond acceptors (Lipinski definition) is 17. The van der Waals surface area contributed by atoms with E-state index in [1.807, 2.05) is 101 Å². The van der Waals surface area contributed by atoms with Crippen LogP contribution in [0, 0.1) is 75.6 Å². The van der Waals surface area contributed by atoms with E-state index in [1.165, 1.54) is 52.0 Å². The second-order valence-electron chi connectivity index (χ2n) is 12.6. The lowest BCUT2D eigenvalue weighted by Crippen LogP contribution is -3.00. The summed E-state index contributed by atoms with van der Waals surface area (Å²) in [6.45, 7) is 16.1. The third kappa shape index (κ3) is 21.2. The number of fused-ring (bicyclic) bond motifs is 2. The molecule has 6 aromatic heterocycles. The van der Waals surface area contributed by atoms with E-state index in [4.69, 9.17) is 16.1 Å². The molecule has 19 nitrogen and oxygen atoms in total. The van der Waals surface area contributed by atoms with Gasteiger partial charge in [-0.25, -0.2) is 14.9 Å². The molecule has 0 bridgehead atoms. The zero-order valence-electron chi connectivity index (χ0n) is 37.7. The number of nitro groups is 2. The first-order chi connectivity index (χ1) is 29.0. The lowest BCUT2D eigenvalue weighted by Gasteiger charge is -2.02. The minimum absolute atomic E-state index is 0. The number of rotatable bonds is 7. The van der Waals surface area contributed by atoms with Gasteiger partial charge in [0, 0.05) is 41.8 Å². The van der Waals surface area contributed by atoms with E-state index in [1.54, 1.807) is 33.3 Å². The average molecular weight is 1150 g/mol. The number of halogens is 3. The van der Waals surface area contributed by atoms with E-state index in [0.717, 1.165) is 55.0 Å². The zero-order valence-corrected chi connectivity index (χ0v) is 45.6. The fourth-order valence-corrected chi connectivity index (χ4v) is 6.72. The van der Waals surface area contributed by atoms with Crippen molar-refractivity contribution in [1.29, 1.82) is 0 Å². The van der Waals surface area contributed by atoms with Crippen molar-refractivity contribution in [2.45, 2.75) is 65.4 Å². The number of nitrogen functional groups attached to an aromatic ring is 2. The highest BCUT2D eigenvalue weighted by molar-refractivity contribution is 8.21. The highest BCUT2D eigenvalue weighted by Crippen LogP contribution is 2.32. The van der Waals surface area contributed by atoms with E-state index < -0.39 is 15.3 Å². The molecule has 0 aliphatic heterocycles. The Hall–Kier alpha value is -3.64. The van der Waals surface area contributed by atoms with Gasteiger partial charge in [-0.15, -0.1) is 71.9 Å². The molecule has 0 aliphatic carbocycles. The van der Waals surface area contributed by atoms with Crippen molar-refractivity contribution >= 4 is 105 Å². The van der Waals surface area contributed by atoms with Crippen molar-refractivity contribution in [2.75, 3.05) is 36.6 Å². The molecule has 0 saturated carbocycles. The minimum Gasteiger partial charge on any atom is -1.00 e. The van der Waals surface area contributed by atoms with Crippen LogP contribution < -0.4 is 46.1 Å². The predicted octanol–water partition coefficient (Wildman–Crippen LogP) is 5.15. The highest BCUT2D eigenvalue weighted by Gasteiger charge is 2.23. The van der Waals surface area contributed by atoms with Gasteiger partial charge in [-0.2, -0.15) is 28.8 Å². The fraction of sp³-hybridized carbons (Fsp3) is 0.316. The van der Waals surface area contributed by atoms with Gasteiger partial charge in [-0.3, -0.25) is 29.8 Å². The molecule has 0 atom stereocenters. The van der Waals surface area contributed by atoms with Crippen molar-refractivity contribution in [2.24, 2.45) is 5.90 Å². The summed E-state index contributed by atoms with van der Waals surface area (Å²) in [6, 6.07) is 15.7. The van der Waals surface area contributed by atoms with Crippen LogP contribution in [0.3, 0.4) is 0 Å². The molecule has 27 heteroatoms. The lowest BCUT2D eigenvalue weighted by molar-refractivity contribution is -0.645. The van der Waals surface area contributed by atoms with E-state index in [9.17, 15) is 28.6 Å². The van der Waals surface area contributed by atoms with Crippen molar-refractivity contribution in [3.05, 3.63) is 137 Å². The Balaban J connectivity index is -0.000000725. The first-order valence-corrected chi connectivity index (χ1v) is 24.1. The van der Waals surface area contributed by atoms with Crippen LogP contribution >= 0.6 is 71.9 Å². The van der Waals surface area contributed by atoms with Crippen molar-refractivity contribution in [3.8, 4) is 0 Å². The number of thioether (sulfide) groups is 4. The van der Waals surface area contributed by atoms with Gasteiger partial charge in [0.1, 0.15) is 14.8 Å². The van der Waals surface area contributed by atoms with Crippen LogP contribution in [0.1, 0.15) is 45.0 Å². The van der Waals surface area contributed by atoms with Crippen molar-refractivity contribution < 1.29 is 55.8 Å². The molecule has 0 spiro atoms. The summed E-state index contributed by atoms with van der Waals surface area (Å²) in [7, 11) is -4.38. The van der Waals surface area contributed by atoms with Crippen molar-refractivity contribution in [1.82, 2.24) is 24.2 Å². The zero-order chi connectivity index (χ0) is 47.5. The maximum absolute atomic E-state index is 11.0. The largest absolute Gasteiger partial charge is 1.00 e. The first-order valence-electron chi connectivity index (χ1n) is 17.9. The van der Waals surface area contributed by atoms with E-state index in [2.05, 4.69) is 58.3 Å². The number of pyridine rings is 4. The average Bonchev–Trinajstić information content (AvgIpc) is 3.78. The Kier molecular flexibility index (Phi) is 32.4. The Labute approximate surface area is 425 Å². The minimum atomic E-state index is -4.38. The summed E-state index contributed by atoms with van der Waals surface area (Å²) in [5.41, 5.74) is 17.5. The number of nitrogens with zero attached hydrogens (tertiary/aromatic N) is 8. The number of aryl methyl sites for hydroxylation is 7. The summed E-state index contributed by atoms with van der Waals surface area (Å²) in [4.78, 5) is 24.1. The van der Waals surface area contributed by atoms with E-state index in [-0.39, 0.29) is 59.4 Å². The molecule has 0 aliphatic rings. The maximum atomic E-state index is 11.0. The molecule has 0 saturated heterocycles. The standard InChI is InChI=1S/C10H11N3O2S.C10H13N3S.C7H11N2.C7H9N.C4H7NO2S2.2ClH.HI.H3NO4S/c1-6-4-5-8-9(13(14)15)10(16-3)11-12(8)7(6)2;1-6-4-5-8-9(11)10(14-3)12-13(8)7(6)2;1-6-4-3-5-9(8)7(6)2;1-6-4-3-5-8-7(6)2;1-8-4(9-2)3-5(6)7;;;;1-5-6(2,3)4/h4-5H,1-3H3;4-5H,11H2,1-3H3;3-5H,8H2,1-2H3;3-5H,1-2H3;3H,1-2H3;3*1H;1H2,(H,2,3,4)/q;;+1;;;;;;/p-1. The molecular weight excluding hydrogens is 1100 g/mol. The van der Waals surface area contributed by atoms with Gasteiger partial charge in [0.05, 0.1) is 21.1 Å². The Morgan fingerprint density at radius 2 is 1.25 bits per heavy atom. The third-order valence-electron chi connectivity index (χ3n) is 8.67. The number of nitrogens with two attached hydrogens (primary N) is 3. The second-order valence-corrected chi connectivity index (χ2v) is 17.2. The molecule has 0 amide bonds. The van der Waals surface area contributed by atoms with Gasteiger partial charge >= 0.3 is 16.1 Å². The van der Waals surface area contributed by atoms with Gasteiger partial charge in [0.25, 0.3) is 6.20 Å². The number of anilines is 1. The quantitative estimate of drug-likeness (QED) is 0.0306. The lowest BCUT2D eigenvalue weighted by atomic mass is 10.2. The van der Waals surface area contributed by atoms with Crippen LogP contribution in [0.2, 0.25) is 0 Å². The predicted molar refractivity (Wildman–Crippen MR) is 267 cm³/mol. The smallest absolute Gasteiger partial charge is 0.413 e. The summed E-state index contributed by atoms with van der Waals surface area (Å²) >= 11 is 5.63. The SMILES string of the molecule is CSC(=C[N+](=O)[O-])SC.CSc1nn2c(C)c(C)ccc2c1N.CSc1nn2c(C)c(C)ccc2c1[N+](=O)[O-].Cc1ccc[n+](N)c1C.Cc1cccnc1C.Cl.Cl.NOS(=O)(=O)O.[I-]. The van der Waals surface area contributed by atoms with Crippen LogP contribution in [-0.2, 0) is 14.7 Å². The monoisotopic (exact) mass is 1150 g/mol. The number of aromatic nitrogens is 6. The van der Waals surface area contributed by atoms with Crippen LogP contribution in [-0.4, -0.2) is 72.1 Å². The molecule has 0 radical (unpaired) electrons. The molecular formula is C38H56Cl2IN11O8S5. The molecule has 6 rings (SSSR count). The van der Waals surface area contributed by atoms with Crippen molar-refractivity contribution in [3.63, 3.8) is 0 Å². The molecule has 7 N–H and O–H groups in total. The number of hydrogen-bond donors (Lipinski definition) is 4. The normalized spacial score (nSPS) is 9.82. The van der Waals surface area contributed by atoms with Gasteiger partial charge in [0.15, 0.2) is 11.2 Å². The van der Waals surface area contributed by atoms with Crippen LogP contribution in [0.4, 0.5) is 11.4 Å². The highest BCUT2D eigenvalue weighted by atomic mass is 127. The molecule has 0 aromatic carbocycles. The van der Waals surface area contributed by atoms with Crippen LogP contribution in [0.15, 0.2) is 81.4 Å².